The molecule has 2 atom stereocenters. The van der Waals surface area contributed by atoms with E-state index in [1.54, 1.807) is 0 Å². The number of rotatable bonds is 3. The predicted octanol–water partition coefficient (Wildman–Crippen LogP) is 1.72. The topological polar surface area (TPSA) is 15.3 Å². The third kappa shape index (κ3) is 2.88. The van der Waals surface area contributed by atoms with Gasteiger partial charge in [0, 0.05) is 6.04 Å². The van der Waals surface area contributed by atoms with Crippen molar-refractivity contribution in [3.63, 3.8) is 0 Å². The Labute approximate surface area is 90.0 Å². The molecule has 2 saturated heterocycles. The Bertz CT molecular complexity index is 193. The van der Waals surface area contributed by atoms with E-state index in [4.69, 9.17) is 0 Å². The van der Waals surface area contributed by atoms with Crippen LogP contribution in [-0.2, 0) is 0 Å². The van der Waals surface area contributed by atoms with Crippen molar-refractivity contribution in [3.05, 3.63) is 0 Å². The van der Waals surface area contributed by atoms with Gasteiger partial charge < -0.3 is 5.32 Å². The van der Waals surface area contributed by atoms with Crippen molar-refractivity contribution in [2.75, 3.05) is 26.2 Å². The van der Waals surface area contributed by atoms with E-state index in [2.05, 4.69) is 5.32 Å². The van der Waals surface area contributed by atoms with Crippen LogP contribution in [0.15, 0.2) is 0 Å². The van der Waals surface area contributed by atoms with Gasteiger partial charge in [0.15, 0.2) is 0 Å². The highest BCUT2D eigenvalue weighted by atomic mass is 19.3. The summed E-state index contributed by atoms with van der Waals surface area (Å²) in [6, 6.07) is 0.409. The van der Waals surface area contributed by atoms with Crippen molar-refractivity contribution in [1.82, 2.24) is 10.2 Å². The highest BCUT2D eigenvalue weighted by Gasteiger charge is 2.33. The van der Waals surface area contributed by atoms with Gasteiger partial charge in [-0.05, 0) is 51.2 Å². The van der Waals surface area contributed by atoms with Crippen LogP contribution in [0.2, 0.25) is 0 Å². The molecular weight excluding hydrogens is 198 g/mol. The summed E-state index contributed by atoms with van der Waals surface area (Å²) in [5, 5.41) is 3.37. The lowest BCUT2D eigenvalue weighted by atomic mass is 9.90. The molecule has 0 amide bonds. The second-order valence-corrected chi connectivity index (χ2v) is 4.70. The maximum Gasteiger partial charge on any atom is 0.251 e. The molecule has 0 aromatic carbocycles. The fraction of sp³-hybridized carbons (Fsp3) is 1.00. The monoisotopic (exact) mass is 218 g/mol. The molecule has 0 aromatic heterocycles. The number of likely N-dealkylation sites (tertiary alicyclic amines) is 1. The van der Waals surface area contributed by atoms with E-state index in [0.29, 0.717) is 12.0 Å². The van der Waals surface area contributed by atoms with E-state index in [-0.39, 0.29) is 6.54 Å². The summed E-state index contributed by atoms with van der Waals surface area (Å²) in [7, 11) is 0. The van der Waals surface area contributed by atoms with Gasteiger partial charge in [0.1, 0.15) is 0 Å². The van der Waals surface area contributed by atoms with E-state index in [1.807, 2.05) is 4.90 Å². The lowest BCUT2D eigenvalue weighted by Gasteiger charge is -2.34. The van der Waals surface area contributed by atoms with E-state index in [1.165, 1.54) is 12.8 Å². The molecule has 15 heavy (non-hydrogen) atoms. The molecule has 88 valence electrons. The lowest BCUT2D eigenvalue weighted by Crippen LogP contribution is -2.44. The van der Waals surface area contributed by atoms with Crippen molar-refractivity contribution in [2.24, 2.45) is 5.92 Å². The summed E-state index contributed by atoms with van der Waals surface area (Å²) < 4.78 is 24.7. The molecule has 2 unspecified atom stereocenters. The second-order valence-electron chi connectivity index (χ2n) is 4.70. The van der Waals surface area contributed by atoms with Gasteiger partial charge in [-0.2, -0.15) is 0 Å². The van der Waals surface area contributed by atoms with E-state index < -0.39 is 6.43 Å². The number of hydrogen-bond acceptors (Lipinski definition) is 2. The Hall–Kier alpha value is -0.220. The summed E-state index contributed by atoms with van der Waals surface area (Å²) in [4.78, 5) is 2.00. The zero-order valence-corrected chi connectivity index (χ0v) is 9.09. The number of nitrogens with zero attached hydrogens (tertiary/aromatic N) is 1. The number of piperidine rings is 1. The molecule has 0 bridgehead atoms. The predicted molar refractivity (Wildman–Crippen MR) is 56.2 cm³/mol. The third-order valence-corrected chi connectivity index (χ3v) is 3.67. The Morgan fingerprint density at radius 1 is 1.27 bits per heavy atom. The molecule has 2 heterocycles. The first-order chi connectivity index (χ1) is 7.27. The van der Waals surface area contributed by atoms with E-state index >= 15 is 0 Å². The Balaban J connectivity index is 1.88. The Morgan fingerprint density at radius 2 is 2.13 bits per heavy atom. The van der Waals surface area contributed by atoms with E-state index in [0.717, 1.165) is 32.5 Å². The van der Waals surface area contributed by atoms with Crippen LogP contribution >= 0.6 is 0 Å². The molecule has 0 aliphatic carbocycles. The number of hydrogen-bond donors (Lipinski definition) is 1. The summed E-state index contributed by atoms with van der Waals surface area (Å²) >= 11 is 0. The zero-order chi connectivity index (χ0) is 10.7. The number of alkyl halides is 2. The van der Waals surface area contributed by atoms with Crippen molar-refractivity contribution >= 4 is 0 Å². The van der Waals surface area contributed by atoms with Crippen molar-refractivity contribution in [3.8, 4) is 0 Å². The van der Waals surface area contributed by atoms with Gasteiger partial charge in [0.25, 0.3) is 6.43 Å². The molecule has 0 aromatic rings. The van der Waals surface area contributed by atoms with Crippen LogP contribution in [0.4, 0.5) is 8.78 Å². The van der Waals surface area contributed by atoms with Crippen molar-refractivity contribution < 1.29 is 8.78 Å². The van der Waals surface area contributed by atoms with Gasteiger partial charge in [-0.15, -0.1) is 0 Å². The molecule has 2 aliphatic rings. The summed E-state index contributed by atoms with van der Waals surface area (Å²) in [6.07, 6.45) is 2.43. The normalized spacial score (nSPS) is 33.8. The lowest BCUT2D eigenvalue weighted by molar-refractivity contribution is 0.0639. The van der Waals surface area contributed by atoms with Crippen molar-refractivity contribution in [2.45, 2.75) is 38.2 Å². The van der Waals surface area contributed by atoms with E-state index in [9.17, 15) is 8.78 Å². The summed E-state index contributed by atoms with van der Waals surface area (Å²) in [5.74, 6) is 0.597. The van der Waals surface area contributed by atoms with Crippen LogP contribution in [0.25, 0.3) is 0 Å². The molecule has 2 aliphatic heterocycles. The minimum atomic E-state index is -2.18. The molecule has 0 spiro atoms. The Morgan fingerprint density at radius 3 is 2.80 bits per heavy atom. The van der Waals surface area contributed by atoms with Gasteiger partial charge >= 0.3 is 0 Å². The molecule has 0 radical (unpaired) electrons. The quantitative estimate of drug-likeness (QED) is 0.776. The minimum absolute atomic E-state index is 0.0266. The maximum absolute atomic E-state index is 12.4. The highest BCUT2D eigenvalue weighted by molar-refractivity contribution is 4.88. The van der Waals surface area contributed by atoms with Gasteiger partial charge in [-0.3, -0.25) is 4.90 Å². The van der Waals surface area contributed by atoms with Crippen molar-refractivity contribution in [1.29, 1.82) is 0 Å². The molecule has 0 saturated carbocycles. The fourth-order valence-electron chi connectivity index (χ4n) is 3.00. The van der Waals surface area contributed by atoms with Crippen LogP contribution in [0.5, 0.6) is 0 Å². The molecular formula is C11H20F2N2. The van der Waals surface area contributed by atoms with Crippen LogP contribution in [0.1, 0.15) is 25.7 Å². The van der Waals surface area contributed by atoms with Gasteiger partial charge in [0.05, 0.1) is 6.54 Å². The average molecular weight is 218 g/mol. The Kier molecular flexibility index (Phi) is 3.92. The molecule has 2 rings (SSSR count). The third-order valence-electron chi connectivity index (χ3n) is 3.67. The average Bonchev–Trinajstić information content (AvgIpc) is 2.66. The van der Waals surface area contributed by atoms with Crippen LogP contribution in [0, 0.1) is 5.92 Å². The molecule has 4 heteroatoms. The summed E-state index contributed by atoms with van der Waals surface area (Å²) in [6.45, 7) is 2.95. The second kappa shape index (κ2) is 5.21. The highest BCUT2D eigenvalue weighted by Crippen LogP contribution is 2.28. The standard InChI is InChI=1S/C11H20F2N2/c12-11(13)8-15-6-2-4-10(15)9-3-1-5-14-7-9/h9-11,14H,1-8H2. The number of nitrogens with one attached hydrogen (secondary N) is 1. The summed E-state index contributed by atoms with van der Waals surface area (Å²) in [5.41, 5.74) is 0. The van der Waals surface area contributed by atoms with Crippen LogP contribution in [-0.4, -0.2) is 43.5 Å². The largest absolute Gasteiger partial charge is 0.316 e. The number of halogens is 2. The van der Waals surface area contributed by atoms with Crippen LogP contribution < -0.4 is 5.32 Å². The SMILES string of the molecule is FC(F)CN1CCCC1C1CCCNC1. The maximum atomic E-state index is 12.4. The first-order valence-electron chi connectivity index (χ1n) is 6.00. The van der Waals surface area contributed by atoms with Gasteiger partial charge in [-0.1, -0.05) is 0 Å². The minimum Gasteiger partial charge on any atom is -0.316 e. The van der Waals surface area contributed by atoms with Gasteiger partial charge in [0.2, 0.25) is 0 Å². The molecule has 2 nitrogen and oxygen atoms in total. The first-order valence-corrected chi connectivity index (χ1v) is 6.00. The van der Waals surface area contributed by atoms with Crippen LogP contribution in [0.3, 0.4) is 0 Å². The molecule has 2 fully saturated rings. The fourth-order valence-corrected chi connectivity index (χ4v) is 3.00. The zero-order valence-electron chi connectivity index (χ0n) is 9.09. The smallest absolute Gasteiger partial charge is 0.251 e. The first kappa shape index (κ1) is 11.3. The molecule has 1 N–H and O–H groups in total. The van der Waals surface area contributed by atoms with Gasteiger partial charge in [-0.25, -0.2) is 8.78 Å².